The number of esters is 1. The summed E-state index contributed by atoms with van der Waals surface area (Å²) in [6.45, 7) is 6.85. The molecule has 0 spiro atoms. The van der Waals surface area contributed by atoms with Gasteiger partial charge in [0.1, 0.15) is 24.8 Å². The van der Waals surface area contributed by atoms with Crippen molar-refractivity contribution < 1.29 is 38.1 Å². The van der Waals surface area contributed by atoms with Crippen molar-refractivity contribution in [3.8, 4) is 0 Å². The molecule has 1 N–H and O–H groups in total. The highest BCUT2D eigenvalue weighted by Gasteiger charge is 2.47. The molecule has 0 aliphatic carbocycles. The molecule has 1 aromatic carbocycles. The normalized spacial score (nSPS) is 25.5. The average molecular weight is 558 g/mol. The summed E-state index contributed by atoms with van der Waals surface area (Å²) >= 11 is 0. The number of hydrogen-bond donors (Lipinski definition) is 1. The summed E-state index contributed by atoms with van der Waals surface area (Å²) in [5, 5.41) is 2.69. The molecule has 11 nitrogen and oxygen atoms in total. The van der Waals surface area contributed by atoms with Crippen LogP contribution in [-0.4, -0.2) is 72.3 Å². The highest BCUT2D eigenvalue weighted by Crippen LogP contribution is 2.30. The lowest BCUT2D eigenvalue weighted by Gasteiger charge is -2.34. The van der Waals surface area contributed by atoms with Crippen molar-refractivity contribution in [1.82, 2.24) is 15.1 Å². The second-order valence-corrected chi connectivity index (χ2v) is 11.5. The lowest BCUT2D eigenvalue weighted by Crippen LogP contribution is -2.57. The monoisotopic (exact) mass is 557 g/mol. The molecule has 1 fully saturated rings. The quantitative estimate of drug-likeness (QED) is 0.410. The maximum Gasteiger partial charge on any atom is 0.410 e. The number of amides is 3. The first-order valence-corrected chi connectivity index (χ1v) is 13.7. The molecule has 1 saturated heterocycles. The number of nitrogens with one attached hydrogen (secondary N) is 1. The number of methoxy groups -OCH3 is 1. The molecule has 218 valence electrons. The number of cyclic esters (lactones) is 1. The second-order valence-electron chi connectivity index (χ2n) is 11.5. The standard InChI is InChI=1S/C29H39N3O8/c1-29(2,3)24-25(33)32-17-22(14-23(32)26(34)37-4)40-28(36)31-15-20-10-9-19(13-21(20)16-31)18-38-11-7-5-6-8-12-39-27(35)30-24/h7,9-11,13,22-24H,5-6,8,12,14-18H2,1-4H3,(H,30,35)/b11-7+/t22-,23?,24-/m1/s1. The molecule has 3 aliphatic rings. The minimum Gasteiger partial charge on any atom is -0.497 e. The Kier molecular flexibility index (Phi) is 9.21. The SMILES string of the molecule is COC(=O)C1C[C@@H]2CN1C(=O)[C@H](C(C)(C)C)NC(=O)OCCCC/C=C/OCc1ccc3c(c1)CN(C3)C(=O)O2. The van der Waals surface area contributed by atoms with Crippen molar-refractivity contribution in [2.24, 2.45) is 5.41 Å². The summed E-state index contributed by atoms with van der Waals surface area (Å²) in [6, 6.07) is 4.08. The van der Waals surface area contributed by atoms with Gasteiger partial charge in [0.05, 0.1) is 26.5 Å². The number of nitrogens with zero attached hydrogens (tertiary/aromatic N) is 2. The van der Waals surface area contributed by atoms with Gasteiger partial charge in [0.2, 0.25) is 5.91 Å². The van der Waals surface area contributed by atoms with E-state index in [1.807, 2.05) is 45.0 Å². The van der Waals surface area contributed by atoms with E-state index in [0.717, 1.165) is 29.5 Å². The average Bonchev–Trinajstić information content (AvgIpc) is 3.53. The van der Waals surface area contributed by atoms with E-state index < -0.39 is 47.7 Å². The Morgan fingerprint density at radius 3 is 2.62 bits per heavy atom. The van der Waals surface area contributed by atoms with Gasteiger partial charge in [-0.25, -0.2) is 14.4 Å². The molecule has 3 heterocycles. The van der Waals surface area contributed by atoms with Crippen molar-refractivity contribution in [2.45, 2.75) is 84.3 Å². The minimum atomic E-state index is -0.981. The summed E-state index contributed by atoms with van der Waals surface area (Å²) < 4.78 is 21.7. The molecule has 4 rings (SSSR count). The number of fused-ring (bicyclic) bond motifs is 4. The first-order chi connectivity index (χ1) is 19.1. The zero-order valence-electron chi connectivity index (χ0n) is 23.6. The van der Waals surface area contributed by atoms with Crippen LogP contribution in [-0.2, 0) is 48.2 Å². The summed E-state index contributed by atoms with van der Waals surface area (Å²) in [4.78, 5) is 55.1. The van der Waals surface area contributed by atoms with Gasteiger partial charge in [0.25, 0.3) is 0 Å². The predicted octanol–water partition coefficient (Wildman–Crippen LogP) is 3.64. The van der Waals surface area contributed by atoms with E-state index in [9.17, 15) is 19.2 Å². The Labute approximate surface area is 234 Å². The van der Waals surface area contributed by atoms with Crippen LogP contribution in [0.1, 0.15) is 63.1 Å². The number of hydrogen-bond acceptors (Lipinski definition) is 8. The molecule has 1 unspecified atom stereocenters. The van der Waals surface area contributed by atoms with Gasteiger partial charge in [-0.2, -0.15) is 0 Å². The van der Waals surface area contributed by atoms with Crippen LogP contribution in [0.2, 0.25) is 0 Å². The molecule has 11 heteroatoms. The summed E-state index contributed by atoms with van der Waals surface area (Å²) in [6.07, 6.45) is 3.96. The number of carbonyl (C=O) groups excluding carboxylic acids is 4. The molecule has 3 aliphatic heterocycles. The van der Waals surface area contributed by atoms with Crippen LogP contribution in [0.4, 0.5) is 9.59 Å². The van der Waals surface area contributed by atoms with Gasteiger partial charge < -0.3 is 29.2 Å². The summed E-state index contributed by atoms with van der Waals surface area (Å²) in [7, 11) is 1.25. The van der Waals surface area contributed by atoms with Crippen LogP contribution in [0.3, 0.4) is 0 Å². The third kappa shape index (κ3) is 7.05. The van der Waals surface area contributed by atoms with E-state index in [2.05, 4.69) is 5.32 Å². The minimum absolute atomic E-state index is 0.00290. The van der Waals surface area contributed by atoms with Crippen molar-refractivity contribution in [3.05, 3.63) is 47.2 Å². The van der Waals surface area contributed by atoms with E-state index in [-0.39, 0.29) is 19.6 Å². The van der Waals surface area contributed by atoms with Crippen LogP contribution in [0.25, 0.3) is 0 Å². The molecule has 5 bridgehead atoms. The topological polar surface area (TPSA) is 124 Å². The summed E-state index contributed by atoms with van der Waals surface area (Å²) in [5.41, 5.74) is 2.37. The molecular formula is C29H39N3O8. The van der Waals surface area contributed by atoms with Crippen LogP contribution in [0.15, 0.2) is 30.5 Å². The van der Waals surface area contributed by atoms with Gasteiger partial charge in [-0.15, -0.1) is 0 Å². The van der Waals surface area contributed by atoms with Crippen LogP contribution in [0, 0.1) is 5.41 Å². The summed E-state index contributed by atoms with van der Waals surface area (Å²) in [5.74, 6) is -1.08. The van der Waals surface area contributed by atoms with E-state index in [1.54, 1.807) is 11.2 Å². The molecule has 0 radical (unpaired) electrons. The van der Waals surface area contributed by atoms with Crippen molar-refractivity contribution in [2.75, 3.05) is 20.3 Å². The Bertz CT molecular complexity index is 1140. The molecule has 3 atom stereocenters. The van der Waals surface area contributed by atoms with Crippen LogP contribution >= 0.6 is 0 Å². The maximum absolute atomic E-state index is 13.8. The zero-order chi connectivity index (χ0) is 28.9. The lowest BCUT2D eigenvalue weighted by molar-refractivity contribution is -0.152. The van der Waals surface area contributed by atoms with Gasteiger partial charge in [-0.1, -0.05) is 39.0 Å². The van der Waals surface area contributed by atoms with Crippen LogP contribution < -0.4 is 5.32 Å². The van der Waals surface area contributed by atoms with E-state index in [0.29, 0.717) is 26.1 Å². The Balaban J connectivity index is 1.55. The number of rotatable bonds is 1. The fraction of sp³-hybridized carbons (Fsp3) is 0.586. The Morgan fingerprint density at radius 2 is 1.88 bits per heavy atom. The van der Waals surface area contributed by atoms with Crippen molar-refractivity contribution >= 4 is 24.1 Å². The van der Waals surface area contributed by atoms with Gasteiger partial charge in [0.15, 0.2) is 0 Å². The maximum atomic E-state index is 13.8. The Morgan fingerprint density at radius 1 is 1.10 bits per heavy atom. The Hall–Kier alpha value is -3.76. The molecule has 1 aromatic rings. The predicted molar refractivity (Wildman–Crippen MR) is 144 cm³/mol. The fourth-order valence-corrected chi connectivity index (χ4v) is 5.15. The molecule has 3 amide bonds. The molecule has 0 aromatic heterocycles. The van der Waals surface area contributed by atoms with Gasteiger partial charge >= 0.3 is 18.2 Å². The third-order valence-corrected chi connectivity index (χ3v) is 7.35. The second kappa shape index (κ2) is 12.6. The molecule has 40 heavy (non-hydrogen) atoms. The highest BCUT2D eigenvalue weighted by atomic mass is 16.6. The fourth-order valence-electron chi connectivity index (χ4n) is 5.15. The number of ether oxygens (including phenoxy) is 4. The van der Waals surface area contributed by atoms with Gasteiger partial charge in [0, 0.05) is 19.5 Å². The van der Waals surface area contributed by atoms with Crippen LogP contribution in [0.5, 0.6) is 0 Å². The smallest absolute Gasteiger partial charge is 0.410 e. The molecule has 0 saturated carbocycles. The van der Waals surface area contributed by atoms with Crippen molar-refractivity contribution in [3.63, 3.8) is 0 Å². The first kappa shape index (κ1) is 29.2. The number of benzene rings is 1. The van der Waals surface area contributed by atoms with E-state index in [1.165, 1.54) is 12.0 Å². The first-order valence-electron chi connectivity index (χ1n) is 13.7. The zero-order valence-corrected chi connectivity index (χ0v) is 23.6. The van der Waals surface area contributed by atoms with E-state index >= 15 is 0 Å². The highest BCUT2D eigenvalue weighted by molar-refractivity contribution is 5.91. The van der Waals surface area contributed by atoms with Gasteiger partial charge in [-0.05, 0) is 47.4 Å². The number of carbonyl (C=O) groups is 4. The van der Waals surface area contributed by atoms with Crippen molar-refractivity contribution in [1.29, 1.82) is 0 Å². The lowest BCUT2D eigenvalue weighted by atomic mass is 9.85. The largest absolute Gasteiger partial charge is 0.497 e. The third-order valence-electron chi connectivity index (χ3n) is 7.35. The van der Waals surface area contributed by atoms with E-state index in [4.69, 9.17) is 18.9 Å². The number of allylic oxidation sites excluding steroid dienone is 1. The molecular weight excluding hydrogens is 518 g/mol. The van der Waals surface area contributed by atoms with Gasteiger partial charge in [-0.3, -0.25) is 9.69 Å². The number of alkyl carbamates (subject to hydrolysis) is 1.